The lowest BCUT2D eigenvalue weighted by atomic mass is 10.1. The van der Waals surface area contributed by atoms with Crippen LogP contribution >= 0.6 is 0 Å². The van der Waals surface area contributed by atoms with Gasteiger partial charge in [0.25, 0.3) is 0 Å². The Kier molecular flexibility index (Phi) is 3.30. The highest BCUT2D eigenvalue weighted by atomic mass is 19.4. The van der Waals surface area contributed by atoms with Gasteiger partial charge in [0, 0.05) is 13.1 Å². The summed E-state index contributed by atoms with van der Waals surface area (Å²) in [6.07, 6.45) is -3.91. The normalized spacial score (nSPS) is 20.6. The Morgan fingerprint density at radius 3 is 2.56 bits per heavy atom. The predicted octanol–water partition coefficient (Wildman–Crippen LogP) is 1.76. The molecule has 0 aromatic heterocycles. The van der Waals surface area contributed by atoms with Crippen LogP contribution in [0.15, 0.2) is 24.3 Å². The third-order valence-electron chi connectivity index (χ3n) is 3.02. The molecule has 1 aromatic carbocycles. The molecule has 3 nitrogen and oxygen atoms in total. The molecule has 1 atom stereocenters. The second-order valence-electron chi connectivity index (χ2n) is 4.31. The summed E-state index contributed by atoms with van der Waals surface area (Å²) in [5.41, 5.74) is 4.94. The first-order valence-electron chi connectivity index (χ1n) is 5.59. The number of carbonyl (C=O) groups is 1. The molecule has 1 saturated heterocycles. The van der Waals surface area contributed by atoms with E-state index in [9.17, 15) is 18.0 Å². The van der Waals surface area contributed by atoms with Gasteiger partial charge in [-0.1, -0.05) is 18.2 Å². The SMILES string of the molecule is NC1CCN(Cc2ccccc2C(F)(F)F)C1=O. The van der Waals surface area contributed by atoms with Crippen LogP contribution in [0.3, 0.4) is 0 Å². The highest BCUT2D eigenvalue weighted by Gasteiger charge is 2.35. The Hall–Kier alpha value is -1.56. The van der Waals surface area contributed by atoms with E-state index >= 15 is 0 Å². The molecule has 1 aliphatic rings. The fourth-order valence-electron chi connectivity index (χ4n) is 2.06. The van der Waals surface area contributed by atoms with Gasteiger partial charge >= 0.3 is 6.18 Å². The number of hydrogen-bond donors (Lipinski definition) is 1. The Balaban J connectivity index is 2.22. The smallest absolute Gasteiger partial charge is 0.337 e. The minimum atomic E-state index is -4.40. The summed E-state index contributed by atoms with van der Waals surface area (Å²) < 4.78 is 38.3. The number of alkyl halides is 3. The zero-order valence-electron chi connectivity index (χ0n) is 9.57. The summed E-state index contributed by atoms with van der Waals surface area (Å²) >= 11 is 0. The minimum Gasteiger partial charge on any atom is -0.337 e. The molecule has 2 rings (SSSR count). The van der Waals surface area contributed by atoms with Gasteiger partial charge in [-0.05, 0) is 18.1 Å². The van der Waals surface area contributed by atoms with Crippen molar-refractivity contribution >= 4 is 5.91 Å². The summed E-state index contributed by atoms with van der Waals surface area (Å²) in [6.45, 7) is 0.369. The molecule has 1 aromatic rings. The number of carbonyl (C=O) groups excluding carboxylic acids is 1. The highest BCUT2D eigenvalue weighted by molar-refractivity contribution is 5.83. The lowest BCUT2D eigenvalue weighted by molar-refractivity contribution is -0.139. The molecule has 2 N–H and O–H groups in total. The van der Waals surface area contributed by atoms with Crippen molar-refractivity contribution in [3.8, 4) is 0 Å². The van der Waals surface area contributed by atoms with Crippen LogP contribution in [0, 0.1) is 0 Å². The van der Waals surface area contributed by atoms with Crippen LogP contribution in [0.5, 0.6) is 0 Å². The molecule has 0 spiro atoms. The first-order chi connectivity index (χ1) is 8.39. The van der Waals surface area contributed by atoms with Crippen LogP contribution in [-0.2, 0) is 17.5 Å². The molecular formula is C12H13F3N2O. The molecule has 1 fully saturated rings. The summed E-state index contributed by atoms with van der Waals surface area (Å²) in [6, 6.07) is 4.70. The molecule has 0 bridgehead atoms. The van der Waals surface area contributed by atoms with E-state index in [1.165, 1.54) is 23.1 Å². The van der Waals surface area contributed by atoms with Crippen molar-refractivity contribution in [2.75, 3.05) is 6.54 Å². The summed E-state index contributed by atoms with van der Waals surface area (Å²) in [4.78, 5) is 13.0. The topological polar surface area (TPSA) is 46.3 Å². The van der Waals surface area contributed by atoms with Crippen LogP contribution in [-0.4, -0.2) is 23.4 Å². The van der Waals surface area contributed by atoms with Crippen molar-refractivity contribution in [1.82, 2.24) is 4.90 Å². The quantitative estimate of drug-likeness (QED) is 0.878. The minimum absolute atomic E-state index is 0.0395. The van der Waals surface area contributed by atoms with Crippen molar-refractivity contribution in [2.24, 2.45) is 5.73 Å². The molecule has 0 saturated carbocycles. The van der Waals surface area contributed by atoms with Crippen molar-refractivity contribution < 1.29 is 18.0 Å². The number of hydrogen-bond acceptors (Lipinski definition) is 2. The van der Waals surface area contributed by atoms with Crippen LogP contribution < -0.4 is 5.73 Å². The average Bonchev–Trinajstić information content (AvgIpc) is 2.60. The maximum absolute atomic E-state index is 12.8. The van der Waals surface area contributed by atoms with E-state index in [0.717, 1.165) is 6.07 Å². The largest absolute Gasteiger partial charge is 0.416 e. The molecular weight excluding hydrogens is 245 g/mol. The van der Waals surface area contributed by atoms with Crippen LogP contribution in [0.4, 0.5) is 13.2 Å². The first-order valence-corrected chi connectivity index (χ1v) is 5.59. The van der Waals surface area contributed by atoms with Crippen LogP contribution in [0.1, 0.15) is 17.5 Å². The second kappa shape index (κ2) is 4.61. The lowest BCUT2D eigenvalue weighted by Crippen LogP contribution is -2.34. The van der Waals surface area contributed by atoms with Crippen molar-refractivity contribution in [3.63, 3.8) is 0 Å². The van der Waals surface area contributed by atoms with Gasteiger partial charge < -0.3 is 10.6 Å². The van der Waals surface area contributed by atoms with Crippen molar-refractivity contribution in [2.45, 2.75) is 25.2 Å². The lowest BCUT2D eigenvalue weighted by Gasteiger charge is -2.19. The van der Waals surface area contributed by atoms with Gasteiger partial charge in [-0.25, -0.2) is 0 Å². The second-order valence-corrected chi connectivity index (χ2v) is 4.31. The number of likely N-dealkylation sites (tertiary alicyclic amines) is 1. The van der Waals surface area contributed by atoms with E-state index in [1.54, 1.807) is 0 Å². The zero-order chi connectivity index (χ0) is 13.3. The van der Waals surface area contributed by atoms with Gasteiger partial charge in [-0.2, -0.15) is 13.2 Å². The average molecular weight is 258 g/mol. The molecule has 1 heterocycles. The third kappa shape index (κ3) is 2.48. The van der Waals surface area contributed by atoms with E-state index in [-0.39, 0.29) is 18.0 Å². The van der Waals surface area contributed by atoms with Gasteiger partial charge in [0.2, 0.25) is 5.91 Å². The van der Waals surface area contributed by atoms with E-state index in [2.05, 4.69) is 0 Å². The van der Waals surface area contributed by atoms with E-state index in [4.69, 9.17) is 5.73 Å². The number of rotatable bonds is 2. The Morgan fingerprint density at radius 2 is 2.00 bits per heavy atom. The summed E-state index contributed by atoms with van der Waals surface area (Å²) in [5, 5.41) is 0. The third-order valence-corrected chi connectivity index (χ3v) is 3.02. The molecule has 1 aliphatic heterocycles. The van der Waals surface area contributed by atoms with Gasteiger partial charge in [-0.3, -0.25) is 4.79 Å². The highest BCUT2D eigenvalue weighted by Crippen LogP contribution is 2.32. The fourth-order valence-corrected chi connectivity index (χ4v) is 2.06. The van der Waals surface area contributed by atoms with E-state index in [0.29, 0.717) is 13.0 Å². The summed E-state index contributed by atoms with van der Waals surface area (Å²) in [5.74, 6) is -0.285. The maximum atomic E-state index is 12.8. The summed E-state index contributed by atoms with van der Waals surface area (Å²) in [7, 11) is 0. The molecule has 18 heavy (non-hydrogen) atoms. The van der Waals surface area contributed by atoms with Gasteiger partial charge in [0.15, 0.2) is 0 Å². The van der Waals surface area contributed by atoms with Crippen LogP contribution in [0.25, 0.3) is 0 Å². The molecule has 1 unspecified atom stereocenters. The van der Waals surface area contributed by atoms with Gasteiger partial charge in [-0.15, -0.1) is 0 Å². The molecule has 0 aliphatic carbocycles. The van der Waals surface area contributed by atoms with Crippen molar-refractivity contribution in [1.29, 1.82) is 0 Å². The van der Waals surface area contributed by atoms with E-state index < -0.39 is 17.8 Å². The standard InChI is InChI=1S/C12H13F3N2O/c13-12(14,15)9-4-2-1-3-8(9)7-17-6-5-10(16)11(17)18/h1-4,10H,5-7,16H2. The Morgan fingerprint density at radius 1 is 1.33 bits per heavy atom. The number of amides is 1. The molecule has 98 valence electrons. The number of nitrogens with two attached hydrogens (primary N) is 1. The monoisotopic (exact) mass is 258 g/mol. The molecule has 1 amide bonds. The first kappa shape index (κ1) is 12.9. The fraction of sp³-hybridized carbons (Fsp3) is 0.417. The predicted molar refractivity (Wildman–Crippen MR) is 59.5 cm³/mol. The zero-order valence-corrected chi connectivity index (χ0v) is 9.57. The Labute approximate surface area is 102 Å². The molecule has 6 heteroatoms. The van der Waals surface area contributed by atoms with Gasteiger partial charge in [0.05, 0.1) is 11.6 Å². The number of benzene rings is 1. The van der Waals surface area contributed by atoms with Crippen LogP contribution in [0.2, 0.25) is 0 Å². The number of halogens is 3. The van der Waals surface area contributed by atoms with E-state index in [1.807, 2.05) is 0 Å². The van der Waals surface area contributed by atoms with Gasteiger partial charge in [0.1, 0.15) is 0 Å². The van der Waals surface area contributed by atoms with Crippen molar-refractivity contribution in [3.05, 3.63) is 35.4 Å². The maximum Gasteiger partial charge on any atom is 0.416 e. The Bertz CT molecular complexity index is 459. The number of nitrogens with zero attached hydrogens (tertiary/aromatic N) is 1. The molecule has 0 radical (unpaired) electrons.